The van der Waals surface area contributed by atoms with E-state index in [0.717, 1.165) is 12.1 Å². The first-order valence-corrected chi connectivity index (χ1v) is 10.2. The summed E-state index contributed by atoms with van der Waals surface area (Å²) in [4.78, 5) is 28.4. The molecule has 1 heterocycles. The van der Waals surface area contributed by atoms with Crippen molar-refractivity contribution < 1.29 is 9.59 Å². The van der Waals surface area contributed by atoms with Gasteiger partial charge >= 0.3 is 0 Å². The molecule has 3 rings (SSSR count). The zero-order valence-corrected chi connectivity index (χ0v) is 17.9. The van der Waals surface area contributed by atoms with Gasteiger partial charge in [-0.25, -0.2) is 0 Å². The third-order valence-electron chi connectivity index (χ3n) is 5.23. The summed E-state index contributed by atoms with van der Waals surface area (Å²) in [6.07, 6.45) is 1.43. The normalized spacial score (nSPS) is 14.5. The number of anilines is 2. The third kappa shape index (κ3) is 5.45. The average molecular weight is 394 g/mol. The fourth-order valence-electron chi connectivity index (χ4n) is 3.63. The largest absolute Gasteiger partial charge is 0.323 e. The summed E-state index contributed by atoms with van der Waals surface area (Å²) in [6, 6.07) is 16.1. The highest BCUT2D eigenvalue weighted by Gasteiger charge is 2.24. The average Bonchev–Trinajstić information content (AvgIpc) is 3.07. The van der Waals surface area contributed by atoms with Crippen LogP contribution in [0, 0.1) is 0 Å². The van der Waals surface area contributed by atoms with Crippen LogP contribution in [0.2, 0.25) is 0 Å². The molecule has 1 aliphatic heterocycles. The highest BCUT2D eigenvalue weighted by Crippen LogP contribution is 2.29. The van der Waals surface area contributed by atoms with Crippen molar-refractivity contribution in [3.8, 4) is 0 Å². The van der Waals surface area contributed by atoms with Crippen molar-refractivity contribution in [2.24, 2.45) is 0 Å². The molecule has 1 fully saturated rings. The molecule has 0 spiro atoms. The number of likely N-dealkylation sites (N-methyl/N-ethyl adjacent to an activating group) is 1. The van der Waals surface area contributed by atoms with Gasteiger partial charge in [0.1, 0.15) is 0 Å². The first kappa shape index (κ1) is 21.1. The molecule has 2 aromatic rings. The van der Waals surface area contributed by atoms with E-state index in [1.165, 1.54) is 11.1 Å². The molecule has 0 aromatic heterocycles. The third-order valence-corrected chi connectivity index (χ3v) is 5.23. The monoisotopic (exact) mass is 393 g/mol. The van der Waals surface area contributed by atoms with E-state index in [1.807, 2.05) is 36.2 Å². The Balaban J connectivity index is 1.59. The highest BCUT2D eigenvalue weighted by atomic mass is 16.2. The molecule has 0 bridgehead atoms. The molecule has 2 aromatic carbocycles. The van der Waals surface area contributed by atoms with Crippen molar-refractivity contribution in [3.05, 3.63) is 59.7 Å². The number of amides is 2. The van der Waals surface area contributed by atoms with Crippen molar-refractivity contribution in [1.82, 2.24) is 4.90 Å². The van der Waals surface area contributed by atoms with Gasteiger partial charge in [0.05, 0.1) is 17.9 Å². The summed E-state index contributed by atoms with van der Waals surface area (Å²) in [6.45, 7) is 8.29. The number of benzene rings is 2. The Hall–Kier alpha value is -2.66. The summed E-state index contributed by atoms with van der Waals surface area (Å²) < 4.78 is 0. The number of carbonyl (C=O) groups is 2. The van der Waals surface area contributed by atoms with Crippen molar-refractivity contribution in [2.75, 3.05) is 30.4 Å². The molecular formula is C24H31N3O2. The molecule has 0 radical (unpaired) electrons. The van der Waals surface area contributed by atoms with Gasteiger partial charge in [-0.3, -0.25) is 14.5 Å². The Morgan fingerprint density at radius 2 is 1.79 bits per heavy atom. The molecule has 1 saturated heterocycles. The van der Waals surface area contributed by atoms with E-state index in [-0.39, 0.29) is 23.8 Å². The fourth-order valence-corrected chi connectivity index (χ4v) is 3.63. The van der Waals surface area contributed by atoms with Gasteiger partial charge in [-0.1, -0.05) is 57.2 Å². The molecule has 5 nitrogen and oxygen atoms in total. The van der Waals surface area contributed by atoms with Gasteiger partial charge < -0.3 is 10.2 Å². The topological polar surface area (TPSA) is 52.7 Å². The molecule has 0 saturated carbocycles. The lowest BCUT2D eigenvalue weighted by atomic mass is 9.87. The van der Waals surface area contributed by atoms with Crippen LogP contribution in [0.25, 0.3) is 0 Å². The molecule has 1 N–H and O–H groups in total. The Morgan fingerprint density at radius 3 is 2.41 bits per heavy atom. The lowest BCUT2D eigenvalue weighted by molar-refractivity contribution is -0.118. The lowest BCUT2D eigenvalue weighted by Crippen LogP contribution is -2.31. The maximum Gasteiger partial charge on any atom is 0.238 e. The molecule has 1 aliphatic rings. The van der Waals surface area contributed by atoms with Crippen LogP contribution in [0.3, 0.4) is 0 Å². The molecule has 0 aliphatic carbocycles. The number of nitrogens with zero attached hydrogens (tertiary/aromatic N) is 2. The molecule has 154 valence electrons. The van der Waals surface area contributed by atoms with Gasteiger partial charge in [-0.05, 0) is 42.1 Å². The predicted octanol–water partition coefficient (Wildman–Crippen LogP) is 4.18. The fraction of sp³-hybridized carbons (Fsp3) is 0.417. The van der Waals surface area contributed by atoms with Crippen molar-refractivity contribution in [2.45, 2.75) is 45.6 Å². The minimum absolute atomic E-state index is 0.0853. The second kappa shape index (κ2) is 8.78. The van der Waals surface area contributed by atoms with Crippen LogP contribution in [0.5, 0.6) is 0 Å². The van der Waals surface area contributed by atoms with E-state index in [9.17, 15) is 9.59 Å². The molecule has 0 atom stereocenters. The van der Waals surface area contributed by atoms with Gasteiger partial charge in [-0.15, -0.1) is 0 Å². The van der Waals surface area contributed by atoms with Crippen LogP contribution in [0.4, 0.5) is 11.4 Å². The van der Waals surface area contributed by atoms with Gasteiger partial charge in [0.2, 0.25) is 11.8 Å². The SMILES string of the molecule is CN(CC(=O)Nc1ccccc1N1CCCC1=O)Cc1ccc(C(C)(C)C)cc1. The van der Waals surface area contributed by atoms with Crippen LogP contribution in [0.1, 0.15) is 44.7 Å². The maximum atomic E-state index is 12.6. The Kier molecular flexibility index (Phi) is 6.38. The van der Waals surface area contributed by atoms with Crippen LogP contribution in [-0.4, -0.2) is 36.9 Å². The van der Waals surface area contributed by atoms with Crippen LogP contribution in [0.15, 0.2) is 48.5 Å². The second-order valence-corrected chi connectivity index (χ2v) is 8.83. The standard InChI is InChI=1S/C24H31N3O2/c1-24(2,3)19-13-11-18(12-14-19)16-26(4)17-22(28)25-20-8-5-6-9-21(20)27-15-7-10-23(27)29/h5-6,8-9,11-14H,7,10,15-17H2,1-4H3,(H,25,28). The summed E-state index contributed by atoms with van der Waals surface area (Å²) >= 11 is 0. The van der Waals surface area contributed by atoms with Crippen molar-refractivity contribution >= 4 is 23.2 Å². The molecule has 29 heavy (non-hydrogen) atoms. The van der Waals surface area contributed by atoms with E-state index in [0.29, 0.717) is 25.2 Å². The molecular weight excluding hydrogens is 362 g/mol. The van der Waals surface area contributed by atoms with Crippen molar-refractivity contribution in [3.63, 3.8) is 0 Å². The maximum absolute atomic E-state index is 12.6. The number of hydrogen-bond acceptors (Lipinski definition) is 3. The van der Waals surface area contributed by atoms with Gasteiger partial charge in [0, 0.05) is 19.5 Å². The summed E-state index contributed by atoms with van der Waals surface area (Å²) in [7, 11) is 1.94. The predicted molar refractivity (Wildman–Crippen MR) is 118 cm³/mol. The number of hydrogen-bond donors (Lipinski definition) is 1. The smallest absolute Gasteiger partial charge is 0.238 e. The Labute approximate surface area is 173 Å². The van der Waals surface area contributed by atoms with Crippen LogP contribution >= 0.6 is 0 Å². The lowest BCUT2D eigenvalue weighted by Gasteiger charge is -2.22. The Bertz CT molecular complexity index is 868. The summed E-state index contributed by atoms with van der Waals surface area (Å²) in [5, 5.41) is 2.98. The minimum atomic E-state index is -0.0853. The first-order chi connectivity index (χ1) is 13.7. The quantitative estimate of drug-likeness (QED) is 0.801. The highest BCUT2D eigenvalue weighted by molar-refractivity contribution is 6.02. The van der Waals surface area contributed by atoms with Crippen LogP contribution in [-0.2, 0) is 21.5 Å². The zero-order chi connectivity index (χ0) is 21.0. The van der Waals surface area contributed by atoms with E-state index in [2.05, 4.69) is 50.4 Å². The second-order valence-electron chi connectivity index (χ2n) is 8.83. The number of carbonyl (C=O) groups excluding carboxylic acids is 2. The number of rotatable bonds is 6. The van der Waals surface area contributed by atoms with E-state index >= 15 is 0 Å². The van der Waals surface area contributed by atoms with Gasteiger partial charge in [0.25, 0.3) is 0 Å². The minimum Gasteiger partial charge on any atom is -0.323 e. The molecule has 2 amide bonds. The summed E-state index contributed by atoms with van der Waals surface area (Å²) in [5.74, 6) is 0.0282. The summed E-state index contributed by atoms with van der Waals surface area (Å²) in [5.41, 5.74) is 4.08. The van der Waals surface area contributed by atoms with Crippen molar-refractivity contribution in [1.29, 1.82) is 0 Å². The van der Waals surface area contributed by atoms with Gasteiger partial charge in [-0.2, -0.15) is 0 Å². The number of para-hydroxylation sites is 2. The molecule has 5 heteroatoms. The van der Waals surface area contributed by atoms with Gasteiger partial charge in [0.15, 0.2) is 0 Å². The van der Waals surface area contributed by atoms with E-state index in [1.54, 1.807) is 4.90 Å². The first-order valence-electron chi connectivity index (χ1n) is 10.2. The van der Waals surface area contributed by atoms with Crippen LogP contribution < -0.4 is 10.2 Å². The van der Waals surface area contributed by atoms with E-state index in [4.69, 9.17) is 0 Å². The zero-order valence-electron chi connectivity index (χ0n) is 17.9. The number of nitrogens with one attached hydrogen (secondary N) is 1. The Morgan fingerprint density at radius 1 is 1.10 bits per heavy atom. The molecule has 0 unspecified atom stereocenters. The van der Waals surface area contributed by atoms with E-state index < -0.39 is 0 Å².